The maximum atomic E-state index is 12.9. The zero-order valence-corrected chi connectivity index (χ0v) is 12.6. The van der Waals surface area contributed by atoms with E-state index in [0.29, 0.717) is 12.4 Å². The molecule has 1 aromatic heterocycles. The number of allylic oxidation sites excluding steroid dienone is 4. The van der Waals surface area contributed by atoms with Crippen molar-refractivity contribution in [3.8, 4) is 0 Å². The fourth-order valence-corrected chi connectivity index (χ4v) is 2.66. The van der Waals surface area contributed by atoms with Gasteiger partial charge in [0.05, 0.1) is 17.1 Å². The average Bonchev–Trinajstić information content (AvgIpc) is 2.67. The van der Waals surface area contributed by atoms with Crippen molar-refractivity contribution in [2.75, 3.05) is 5.32 Å². The van der Waals surface area contributed by atoms with Gasteiger partial charge < -0.3 is 5.32 Å². The molecule has 21 heavy (non-hydrogen) atoms. The summed E-state index contributed by atoms with van der Waals surface area (Å²) in [6.07, 6.45) is 9.31. The van der Waals surface area contributed by atoms with Gasteiger partial charge in [-0.15, -0.1) is 0 Å². The molecule has 0 saturated carbocycles. The van der Waals surface area contributed by atoms with Crippen molar-refractivity contribution in [3.05, 3.63) is 57.3 Å². The second-order valence-corrected chi connectivity index (χ2v) is 5.37. The molecule has 0 radical (unpaired) electrons. The van der Waals surface area contributed by atoms with Gasteiger partial charge in [-0.05, 0) is 30.9 Å². The first-order valence-corrected chi connectivity index (χ1v) is 7.44. The molecule has 1 aliphatic carbocycles. The summed E-state index contributed by atoms with van der Waals surface area (Å²) in [5, 5.41) is 3.19. The molecule has 2 bridgehead atoms. The number of anilines is 1. The van der Waals surface area contributed by atoms with Crippen molar-refractivity contribution in [2.45, 2.75) is 39.5 Å². The fraction of sp³-hybridized carbons (Fsp3) is 0.353. The number of hydrogen-bond acceptors (Lipinski definition) is 3. The molecule has 0 aromatic carbocycles. The Balaban J connectivity index is 2.28. The Morgan fingerprint density at radius 2 is 2.10 bits per heavy atom. The van der Waals surface area contributed by atoms with Gasteiger partial charge in [-0.1, -0.05) is 38.7 Å². The van der Waals surface area contributed by atoms with E-state index in [1.807, 2.05) is 31.2 Å². The monoisotopic (exact) mass is 281 g/mol. The van der Waals surface area contributed by atoms with Crippen LogP contribution in [0.15, 0.2) is 40.5 Å². The second kappa shape index (κ2) is 5.23. The molecule has 0 fully saturated rings. The molecule has 2 heterocycles. The molecule has 0 amide bonds. The molecule has 1 unspecified atom stereocenters. The molecule has 0 saturated heterocycles. The van der Waals surface area contributed by atoms with Gasteiger partial charge in [0.2, 0.25) is 5.95 Å². The van der Waals surface area contributed by atoms with Crippen molar-refractivity contribution in [2.24, 2.45) is 0 Å². The smallest absolute Gasteiger partial charge is 0.263 e. The van der Waals surface area contributed by atoms with Crippen LogP contribution in [0.2, 0.25) is 0 Å². The van der Waals surface area contributed by atoms with Gasteiger partial charge in [-0.2, -0.15) is 0 Å². The van der Waals surface area contributed by atoms with Crippen molar-refractivity contribution in [1.29, 1.82) is 0 Å². The summed E-state index contributed by atoms with van der Waals surface area (Å²) >= 11 is 0. The zero-order valence-electron chi connectivity index (χ0n) is 12.6. The summed E-state index contributed by atoms with van der Waals surface area (Å²) in [6, 6.07) is 0. The predicted octanol–water partition coefficient (Wildman–Crippen LogP) is 3.19. The highest BCUT2D eigenvalue weighted by Crippen LogP contribution is 2.25. The summed E-state index contributed by atoms with van der Waals surface area (Å²) in [6.45, 7) is 6.24. The van der Waals surface area contributed by atoms with E-state index in [-0.39, 0.29) is 11.5 Å². The molecule has 1 aromatic rings. The minimum Gasteiger partial charge on any atom is -0.319 e. The van der Waals surface area contributed by atoms with Gasteiger partial charge in [0.15, 0.2) is 0 Å². The SMILES string of the molecule is CCc1c(C(C)CC)nc2n(c1=O)C1=C=C(C=CC=C1)N2. The number of hydrogen-bond donors (Lipinski definition) is 1. The highest BCUT2D eigenvalue weighted by atomic mass is 16.1. The Bertz CT molecular complexity index is 774. The largest absolute Gasteiger partial charge is 0.319 e. The first-order valence-electron chi connectivity index (χ1n) is 7.44. The van der Waals surface area contributed by atoms with Crippen LogP contribution in [0.4, 0.5) is 5.95 Å². The molecule has 1 atom stereocenters. The third-order valence-electron chi connectivity index (χ3n) is 4.02. The fourth-order valence-electron chi connectivity index (χ4n) is 2.66. The topological polar surface area (TPSA) is 46.9 Å². The third-order valence-corrected chi connectivity index (χ3v) is 4.02. The number of rotatable bonds is 3. The van der Waals surface area contributed by atoms with Crippen LogP contribution < -0.4 is 10.9 Å². The lowest BCUT2D eigenvalue weighted by Crippen LogP contribution is -2.30. The molecule has 1 N–H and O–H groups in total. The lowest BCUT2D eigenvalue weighted by molar-refractivity contribution is 0.683. The molecule has 4 heteroatoms. The van der Waals surface area contributed by atoms with Gasteiger partial charge in [0.25, 0.3) is 5.56 Å². The van der Waals surface area contributed by atoms with E-state index >= 15 is 0 Å². The maximum Gasteiger partial charge on any atom is 0.263 e. The van der Waals surface area contributed by atoms with Gasteiger partial charge in [-0.25, -0.2) is 9.55 Å². The van der Waals surface area contributed by atoms with Crippen molar-refractivity contribution in [1.82, 2.24) is 9.55 Å². The number of nitrogens with zero attached hydrogens (tertiary/aromatic N) is 2. The number of fused-ring (bicyclic) bond motifs is 2. The Morgan fingerprint density at radius 3 is 2.81 bits per heavy atom. The second-order valence-electron chi connectivity index (χ2n) is 5.37. The average molecular weight is 281 g/mol. The lowest BCUT2D eigenvalue weighted by atomic mass is 9.99. The summed E-state index contributed by atoms with van der Waals surface area (Å²) in [7, 11) is 0. The number of aromatic nitrogens is 2. The van der Waals surface area contributed by atoms with Crippen LogP contribution >= 0.6 is 0 Å². The minimum absolute atomic E-state index is 0.0124. The lowest BCUT2D eigenvalue weighted by Gasteiger charge is -2.21. The van der Waals surface area contributed by atoms with Gasteiger partial charge >= 0.3 is 0 Å². The Morgan fingerprint density at radius 1 is 1.33 bits per heavy atom. The van der Waals surface area contributed by atoms with Crippen LogP contribution in [0.5, 0.6) is 0 Å². The molecule has 3 rings (SSSR count). The third kappa shape index (κ3) is 2.18. The van der Waals surface area contributed by atoms with E-state index in [9.17, 15) is 4.79 Å². The van der Waals surface area contributed by atoms with Crippen LogP contribution in [0.25, 0.3) is 5.70 Å². The van der Waals surface area contributed by atoms with E-state index in [1.165, 1.54) is 0 Å². The molecule has 4 nitrogen and oxygen atoms in total. The predicted molar refractivity (Wildman–Crippen MR) is 85.2 cm³/mol. The van der Waals surface area contributed by atoms with Crippen molar-refractivity contribution in [3.63, 3.8) is 0 Å². The van der Waals surface area contributed by atoms with Crippen LogP contribution in [-0.4, -0.2) is 9.55 Å². The molecule has 108 valence electrons. The van der Waals surface area contributed by atoms with Crippen LogP contribution in [0, 0.1) is 0 Å². The Kier molecular flexibility index (Phi) is 3.40. The summed E-state index contributed by atoms with van der Waals surface area (Å²) in [5.41, 5.74) is 6.50. The van der Waals surface area contributed by atoms with E-state index in [2.05, 4.69) is 24.9 Å². The highest BCUT2D eigenvalue weighted by molar-refractivity contribution is 5.69. The highest BCUT2D eigenvalue weighted by Gasteiger charge is 2.22. The van der Waals surface area contributed by atoms with E-state index in [0.717, 1.165) is 29.1 Å². The summed E-state index contributed by atoms with van der Waals surface area (Å²) < 4.78 is 1.62. The van der Waals surface area contributed by atoms with E-state index in [1.54, 1.807) is 4.57 Å². The first-order chi connectivity index (χ1) is 10.2. The molecule has 2 aliphatic rings. The Labute approximate surface area is 124 Å². The van der Waals surface area contributed by atoms with Gasteiger partial charge in [0, 0.05) is 5.56 Å². The standard InChI is InChI=1S/C17H19N3O/c1-4-11(3)15-14(5-2)16(21)20-13-9-7-6-8-12(10-13)18-17(20)19-15/h6-9,11H,4-5H2,1-3H3,(H,18,19). The van der Waals surface area contributed by atoms with E-state index in [4.69, 9.17) is 4.98 Å². The normalized spacial score (nSPS) is 16.5. The van der Waals surface area contributed by atoms with Crippen LogP contribution in [-0.2, 0) is 6.42 Å². The van der Waals surface area contributed by atoms with Crippen molar-refractivity contribution >= 4 is 11.6 Å². The number of nitrogens with one attached hydrogen (secondary N) is 1. The summed E-state index contributed by atoms with van der Waals surface area (Å²) in [5.74, 6) is 0.866. The van der Waals surface area contributed by atoms with E-state index < -0.39 is 0 Å². The quantitative estimate of drug-likeness (QED) is 0.865. The molecular formula is C17H19N3O. The maximum absolute atomic E-state index is 12.9. The zero-order chi connectivity index (χ0) is 15.0. The first kappa shape index (κ1) is 13.7. The van der Waals surface area contributed by atoms with Gasteiger partial charge in [-0.3, -0.25) is 4.79 Å². The molecular weight excluding hydrogens is 262 g/mol. The van der Waals surface area contributed by atoms with Gasteiger partial charge in [0.1, 0.15) is 0 Å². The Hall–Kier alpha value is -2.32. The molecule has 1 aliphatic heterocycles. The van der Waals surface area contributed by atoms with Crippen LogP contribution in [0.3, 0.4) is 0 Å². The van der Waals surface area contributed by atoms with Crippen molar-refractivity contribution < 1.29 is 0 Å². The molecule has 0 spiro atoms. The summed E-state index contributed by atoms with van der Waals surface area (Å²) in [4.78, 5) is 17.6. The minimum atomic E-state index is 0.0124. The van der Waals surface area contributed by atoms with Crippen LogP contribution in [0.1, 0.15) is 44.4 Å².